The Balaban J connectivity index is 1.74. The number of hydrogen-bond acceptors (Lipinski definition) is 3. The molecule has 4 nitrogen and oxygen atoms in total. The van der Waals surface area contributed by atoms with E-state index in [0.29, 0.717) is 17.7 Å². The fraction of sp³-hybridized carbons (Fsp3) is 0.409. The number of Topliss-reactive ketones (excluding diaryl/α,β-unsaturated/α-hetero) is 1. The molecule has 4 heteroatoms. The number of ketones is 1. The van der Waals surface area contributed by atoms with E-state index in [4.69, 9.17) is 4.74 Å². The fourth-order valence-corrected chi connectivity index (χ4v) is 2.71. The number of unbranched alkanes of at least 4 members (excludes halogenated alkanes) is 5. The Bertz CT molecular complexity index is 680. The van der Waals surface area contributed by atoms with E-state index in [9.17, 15) is 9.59 Å². The maximum atomic E-state index is 12.2. The summed E-state index contributed by atoms with van der Waals surface area (Å²) in [6.45, 7) is 2.91. The minimum absolute atomic E-state index is 0.0361. The highest BCUT2D eigenvalue weighted by Gasteiger charge is 2.13. The summed E-state index contributed by atoms with van der Waals surface area (Å²) in [5.41, 5.74) is 1.20. The molecule has 1 aromatic carbocycles. The van der Waals surface area contributed by atoms with Crippen LogP contribution >= 0.6 is 0 Å². The third-order valence-electron chi connectivity index (χ3n) is 4.28. The lowest BCUT2D eigenvalue weighted by Crippen LogP contribution is -2.37. The van der Waals surface area contributed by atoms with E-state index >= 15 is 0 Å². The van der Waals surface area contributed by atoms with Crippen molar-refractivity contribution in [2.45, 2.75) is 52.0 Å². The summed E-state index contributed by atoms with van der Waals surface area (Å²) in [4.78, 5) is 24.2. The van der Waals surface area contributed by atoms with Gasteiger partial charge in [0.25, 0.3) is 0 Å². The largest absolute Gasteiger partial charge is 0.462 e. The Hall–Kier alpha value is -2.49. The van der Waals surface area contributed by atoms with Crippen molar-refractivity contribution in [2.75, 3.05) is 6.61 Å². The van der Waals surface area contributed by atoms with Crippen LogP contribution in [0.4, 0.5) is 0 Å². The van der Waals surface area contributed by atoms with Crippen molar-refractivity contribution in [1.29, 1.82) is 0 Å². The first-order valence-electron chi connectivity index (χ1n) is 9.45. The molecule has 0 aliphatic heterocycles. The fourth-order valence-electron chi connectivity index (χ4n) is 2.71. The highest BCUT2D eigenvalue weighted by molar-refractivity contribution is 5.95. The number of carbonyl (C=O) groups excluding carboxylic acids is 2. The van der Waals surface area contributed by atoms with Crippen molar-refractivity contribution in [3.05, 3.63) is 66.0 Å². The van der Waals surface area contributed by atoms with Gasteiger partial charge in [0.2, 0.25) is 12.3 Å². The number of pyridine rings is 1. The summed E-state index contributed by atoms with van der Waals surface area (Å²) in [5.74, 6) is -0.269. The van der Waals surface area contributed by atoms with Crippen molar-refractivity contribution in [3.63, 3.8) is 0 Å². The smallest absolute Gasteiger partial charge is 0.338 e. The van der Waals surface area contributed by atoms with Crippen molar-refractivity contribution < 1.29 is 18.9 Å². The van der Waals surface area contributed by atoms with E-state index < -0.39 is 0 Å². The summed E-state index contributed by atoms with van der Waals surface area (Å²) in [5, 5.41) is 0. The van der Waals surface area contributed by atoms with Crippen molar-refractivity contribution >= 4 is 11.8 Å². The van der Waals surface area contributed by atoms with Gasteiger partial charge in [0, 0.05) is 17.7 Å². The Morgan fingerprint density at radius 2 is 1.50 bits per heavy atom. The zero-order chi connectivity index (χ0) is 18.6. The lowest BCUT2D eigenvalue weighted by Gasteiger charge is -2.04. The lowest BCUT2D eigenvalue weighted by molar-refractivity contribution is -0.683. The molecule has 0 spiro atoms. The van der Waals surface area contributed by atoms with E-state index in [1.807, 2.05) is 18.2 Å². The van der Waals surface area contributed by atoms with E-state index in [0.717, 1.165) is 12.8 Å². The van der Waals surface area contributed by atoms with Crippen LogP contribution in [0.15, 0.2) is 54.9 Å². The summed E-state index contributed by atoms with van der Waals surface area (Å²) in [6.07, 6.45) is 10.5. The SMILES string of the molecule is CCCCCCCCOC(=O)c1cc[n+](CC(=O)c2ccccc2)cc1. The molecule has 0 radical (unpaired) electrons. The number of nitrogens with zero attached hydrogens (tertiary/aromatic N) is 1. The van der Waals surface area contributed by atoms with Crippen LogP contribution in [0, 0.1) is 0 Å². The van der Waals surface area contributed by atoms with Gasteiger partial charge in [0.15, 0.2) is 12.4 Å². The zero-order valence-electron chi connectivity index (χ0n) is 15.5. The molecule has 0 saturated heterocycles. The molecule has 1 heterocycles. The maximum Gasteiger partial charge on any atom is 0.338 e. The number of hydrogen-bond donors (Lipinski definition) is 0. The van der Waals surface area contributed by atoms with Gasteiger partial charge in [-0.2, -0.15) is 4.57 Å². The van der Waals surface area contributed by atoms with E-state index in [-0.39, 0.29) is 18.3 Å². The normalized spacial score (nSPS) is 10.5. The number of benzene rings is 1. The van der Waals surface area contributed by atoms with Crippen LogP contribution in [-0.2, 0) is 11.3 Å². The lowest BCUT2D eigenvalue weighted by atomic mass is 10.1. The second-order valence-corrected chi connectivity index (χ2v) is 6.45. The van der Waals surface area contributed by atoms with Crippen LogP contribution in [0.1, 0.15) is 66.2 Å². The highest BCUT2D eigenvalue weighted by Crippen LogP contribution is 2.06. The molecule has 1 aromatic heterocycles. The average molecular weight is 354 g/mol. The van der Waals surface area contributed by atoms with Crippen LogP contribution in [0.25, 0.3) is 0 Å². The van der Waals surface area contributed by atoms with Gasteiger partial charge in [0.05, 0.1) is 12.2 Å². The first-order chi connectivity index (χ1) is 12.7. The number of ether oxygens (including phenoxy) is 1. The van der Waals surface area contributed by atoms with Crippen LogP contribution in [0.2, 0.25) is 0 Å². The predicted molar refractivity (Wildman–Crippen MR) is 101 cm³/mol. The first kappa shape index (κ1) is 19.8. The molecular formula is C22H28NO3+. The Labute approximate surface area is 155 Å². The molecular weight excluding hydrogens is 326 g/mol. The van der Waals surface area contributed by atoms with Crippen LogP contribution in [0.3, 0.4) is 0 Å². The summed E-state index contributed by atoms with van der Waals surface area (Å²) < 4.78 is 7.07. The van der Waals surface area contributed by atoms with Gasteiger partial charge < -0.3 is 4.74 Å². The number of carbonyl (C=O) groups is 2. The van der Waals surface area contributed by atoms with Gasteiger partial charge in [-0.3, -0.25) is 4.79 Å². The number of aromatic nitrogens is 1. The second-order valence-electron chi connectivity index (χ2n) is 6.45. The molecule has 0 amide bonds. The Kier molecular flexibility index (Phi) is 8.53. The first-order valence-corrected chi connectivity index (χ1v) is 9.45. The minimum Gasteiger partial charge on any atom is -0.462 e. The quantitative estimate of drug-likeness (QED) is 0.260. The molecule has 0 saturated carbocycles. The molecule has 2 aromatic rings. The van der Waals surface area contributed by atoms with Gasteiger partial charge >= 0.3 is 5.97 Å². The van der Waals surface area contributed by atoms with E-state index in [1.54, 1.807) is 41.2 Å². The minimum atomic E-state index is -0.305. The zero-order valence-corrected chi connectivity index (χ0v) is 15.5. The van der Waals surface area contributed by atoms with Crippen LogP contribution < -0.4 is 4.57 Å². The molecule has 138 valence electrons. The van der Waals surface area contributed by atoms with E-state index in [1.165, 1.54) is 25.7 Å². The molecule has 0 fully saturated rings. The van der Waals surface area contributed by atoms with Crippen molar-refractivity contribution in [1.82, 2.24) is 0 Å². The summed E-state index contributed by atoms with van der Waals surface area (Å²) in [7, 11) is 0. The molecule has 0 unspecified atom stereocenters. The Morgan fingerprint density at radius 1 is 0.846 bits per heavy atom. The van der Waals surface area contributed by atoms with Crippen molar-refractivity contribution in [3.8, 4) is 0 Å². The number of esters is 1. The molecule has 0 atom stereocenters. The van der Waals surface area contributed by atoms with Crippen molar-refractivity contribution in [2.24, 2.45) is 0 Å². The Morgan fingerprint density at radius 3 is 2.19 bits per heavy atom. The van der Waals surface area contributed by atoms with Gasteiger partial charge in [-0.1, -0.05) is 69.4 Å². The van der Waals surface area contributed by atoms with Crippen LogP contribution in [0.5, 0.6) is 0 Å². The number of rotatable bonds is 11. The molecule has 0 aliphatic rings. The average Bonchev–Trinajstić information content (AvgIpc) is 2.68. The third kappa shape index (κ3) is 6.79. The topological polar surface area (TPSA) is 47.2 Å². The molecule has 26 heavy (non-hydrogen) atoms. The standard InChI is InChI=1S/C22H28NO3/c1-2-3-4-5-6-10-17-26-22(25)20-13-15-23(16-14-20)18-21(24)19-11-8-7-9-12-19/h7-9,11-16H,2-6,10,17-18H2,1H3/q+1. The van der Waals surface area contributed by atoms with Gasteiger partial charge in [-0.25, -0.2) is 4.79 Å². The third-order valence-corrected chi connectivity index (χ3v) is 4.28. The second kappa shape index (κ2) is 11.2. The van der Waals surface area contributed by atoms with Gasteiger partial charge in [0.1, 0.15) is 0 Å². The molecule has 0 bridgehead atoms. The monoisotopic (exact) mass is 354 g/mol. The summed E-state index contributed by atoms with van der Waals surface area (Å²) >= 11 is 0. The molecule has 0 N–H and O–H groups in total. The highest BCUT2D eigenvalue weighted by atomic mass is 16.5. The summed E-state index contributed by atoms with van der Waals surface area (Å²) in [6, 6.07) is 12.6. The van der Waals surface area contributed by atoms with Gasteiger partial charge in [-0.05, 0) is 6.42 Å². The maximum absolute atomic E-state index is 12.2. The van der Waals surface area contributed by atoms with Gasteiger partial charge in [-0.15, -0.1) is 0 Å². The predicted octanol–water partition coefficient (Wildman–Crippen LogP) is 4.37. The molecule has 2 rings (SSSR count). The van der Waals surface area contributed by atoms with Crippen LogP contribution in [-0.4, -0.2) is 18.4 Å². The molecule has 0 aliphatic carbocycles. The van der Waals surface area contributed by atoms with E-state index in [2.05, 4.69) is 6.92 Å².